The fraction of sp³-hybridized carbons (Fsp3) is 0.647. The molecule has 0 amide bonds. The maximum atomic E-state index is 13.0. The second-order valence-corrected chi connectivity index (χ2v) is 6.48. The third kappa shape index (κ3) is 4.47. The van der Waals surface area contributed by atoms with Gasteiger partial charge in [-0.25, -0.2) is 0 Å². The Bertz CT molecular complexity index is 549. The van der Waals surface area contributed by atoms with Gasteiger partial charge in [-0.05, 0) is 24.5 Å². The monoisotopic (exact) mass is 344 g/mol. The average Bonchev–Trinajstić information content (AvgIpc) is 3.39. The lowest BCUT2D eigenvalue weighted by atomic mass is 10.0. The first-order valence-electron chi connectivity index (χ1n) is 8.35. The summed E-state index contributed by atoms with van der Waals surface area (Å²) in [4.78, 5) is 2.41. The van der Waals surface area contributed by atoms with E-state index in [1.165, 1.54) is 31.0 Å². The number of hydrogen-bond donors (Lipinski definition) is 2. The number of nitrogens with zero attached hydrogens (tertiary/aromatic N) is 1. The summed E-state index contributed by atoms with van der Waals surface area (Å²) in [6, 6.07) is 5.83. The highest BCUT2D eigenvalue weighted by atomic mass is 19.4. The zero-order chi connectivity index (χ0) is 17.2. The molecule has 1 aliphatic carbocycles. The molecule has 4 nitrogen and oxygen atoms in total. The molecule has 1 aromatic rings. The number of ether oxygens (including phenoxy) is 1. The van der Waals surface area contributed by atoms with E-state index in [0.29, 0.717) is 19.2 Å². The fourth-order valence-corrected chi connectivity index (χ4v) is 3.17. The lowest BCUT2D eigenvalue weighted by Gasteiger charge is -2.33. The van der Waals surface area contributed by atoms with E-state index >= 15 is 0 Å². The molecule has 0 unspecified atom stereocenters. The molecule has 3 rings (SSSR count). The summed E-state index contributed by atoms with van der Waals surface area (Å²) in [5.74, 6) is 0. The molecule has 0 aromatic heterocycles. The van der Waals surface area contributed by atoms with Gasteiger partial charge in [-0.15, -0.1) is 0 Å². The molecule has 24 heavy (non-hydrogen) atoms. The van der Waals surface area contributed by atoms with Crippen LogP contribution in [-0.4, -0.2) is 54.9 Å². The van der Waals surface area contributed by atoms with E-state index in [4.69, 9.17) is 4.74 Å². The molecule has 1 aromatic carbocycles. The Hall–Kier alpha value is -1.15. The predicted octanol–water partition coefficient (Wildman–Crippen LogP) is 2.19. The average molecular weight is 344 g/mol. The smallest absolute Gasteiger partial charge is 0.387 e. The van der Waals surface area contributed by atoms with Crippen LogP contribution in [0.4, 0.5) is 13.2 Å². The number of benzene rings is 1. The van der Waals surface area contributed by atoms with Gasteiger partial charge in [-0.3, -0.25) is 4.90 Å². The van der Waals surface area contributed by atoms with Crippen molar-refractivity contribution in [1.29, 1.82) is 0 Å². The SMILES string of the molecule is O[C@H](CNC[C@@H]1CN(C2CC2)CCO1)c1ccccc1C(F)(F)F. The zero-order valence-electron chi connectivity index (χ0n) is 13.4. The van der Waals surface area contributed by atoms with Crippen LogP contribution in [0.1, 0.15) is 30.1 Å². The molecular weight excluding hydrogens is 321 g/mol. The predicted molar refractivity (Wildman–Crippen MR) is 83.6 cm³/mol. The summed E-state index contributed by atoms with van der Waals surface area (Å²) in [6.45, 7) is 3.06. The van der Waals surface area contributed by atoms with Gasteiger partial charge in [0, 0.05) is 32.2 Å². The highest BCUT2D eigenvalue weighted by Crippen LogP contribution is 2.34. The van der Waals surface area contributed by atoms with Crippen molar-refractivity contribution >= 4 is 0 Å². The van der Waals surface area contributed by atoms with E-state index in [9.17, 15) is 18.3 Å². The summed E-state index contributed by atoms with van der Waals surface area (Å²) >= 11 is 0. The van der Waals surface area contributed by atoms with E-state index < -0.39 is 17.8 Å². The van der Waals surface area contributed by atoms with Gasteiger partial charge in [0.1, 0.15) is 0 Å². The third-order valence-electron chi connectivity index (χ3n) is 4.57. The van der Waals surface area contributed by atoms with Crippen molar-refractivity contribution in [3.05, 3.63) is 35.4 Å². The molecule has 7 heteroatoms. The summed E-state index contributed by atoms with van der Waals surface area (Å²) in [5.41, 5.74) is -0.880. The van der Waals surface area contributed by atoms with Crippen molar-refractivity contribution in [2.45, 2.75) is 37.3 Å². The molecule has 1 saturated carbocycles. The molecule has 0 radical (unpaired) electrons. The molecule has 134 valence electrons. The Morgan fingerprint density at radius 3 is 2.75 bits per heavy atom. The van der Waals surface area contributed by atoms with Gasteiger partial charge in [0.15, 0.2) is 0 Å². The molecule has 2 N–H and O–H groups in total. The highest BCUT2D eigenvalue weighted by Gasteiger charge is 2.35. The van der Waals surface area contributed by atoms with Gasteiger partial charge in [0.05, 0.1) is 24.4 Å². The summed E-state index contributed by atoms with van der Waals surface area (Å²) in [6.07, 6.45) is -3.16. The molecule has 1 saturated heterocycles. The molecule has 1 heterocycles. The van der Waals surface area contributed by atoms with Crippen molar-refractivity contribution in [3.8, 4) is 0 Å². The van der Waals surface area contributed by atoms with E-state index in [0.717, 1.165) is 19.2 Å². The van der Waals surface area contributed by atoms with Crippen LogP contribution in [0.15, 0.2) is 24.3 Å². The zero-order valence-corrected chi connectivity index (χ0v) is 13.4. The van der Waals surface area contributed by atoms with Crippen LogP contribution >= 0.6 is 0 Å². The molecular formula is C17H23F3N2O2. The Balaban J connectivity index is 1.50. The summed E-state index contributed by atoms with van der Waals surface area (Å²) in [7, 11) is 0. The van der Waals surface area contributed by atoms with Crippen molar-refractivity contribution in [3.63, 3.8) is 0 Å². The Kier molecular flexibility index (Phi) is 5.44. The van der Waals surface area contributed by atoms with E-state index in [1.54, 1.807) is 0 Å². The Labute approximate surface area is 139 Å². The standard InChI is InChI=1S/C17H23F3N2O2/c18-17(19,20)15-4-2-1-3-14(15)16(23)10-21-9-13-11-22(7-8-24-13)12-5-6-12/h1-4,12-13,16,21,23H,5-11H2/t13-,16-/m1/s1. The van der Waals surface area contributed by atoms with Gasteiger partial charge >= 0.3 is 6.18 Å². The number of hydrogen-bond acceptors (Lipinski definition) is 4. The van der Waals surface area contributed by atoms with Gasteiger partial charge in [0.25, 0.3) is 0 Å². The number of alkyl halides is 3. The highest BCUT2D eigenvalue weighted by molar-refractivity contribution is 5.31. The van der Waals surface area contributed by atoms with Crippen LogP contribution in [0, 0.1) is 0 Å². The van der Waals surface area contributed by atoms with Crippen LogP contribution in [0.3, 0.4) is 0 Å². The molecule has 2 aliphatic rings. The maximum Gasteiger partial charge on any atom is 0.416 e. The first-order valence-corrected chi connectivity index (χ1v) is 8.35. The minimum absolute atomic E-state index is 0.0180. The van der Waals surface area contributed by atoms with Crippen molar-refractivity contribution < 1.29 is 23.0 Å². The molecule has 0 bridgehead atoms. The molecule has 2 atom stereocenters. The number of halogens is 3. The normalized spacial score (nSPS) is 24.1. The van der Waals surface area contributed by atoms with Gasteiger partial charge in [-0.2, -0.15) is 13.2 Å². The quantitative estimate of drug-likeness (QED) is 0.830. The van der Waals surface area contributed by atoms with Crippen molar-refractivity contribution in [2.24, 2.45) is 0 Å². The number of nitrogens with one attached hydrogen (secondary N) is 1. The second kappa shape index (κ2) is 7.39. The number of rotatable bonds is 6. The van der Waals surface area contributed by atoms with E-state index in [-0.39, 0.29) is 18.2 Å². The maximum absolute atomic E-state index is 13.0. The largest absolute Gasteiger partial charge is 0.416 e. The second-order valence-electron chi connectivity index (χ2n) is 6.48. The fourth-order valence-electron chi connectivity index (χ4n) is 3.17. The van der Waals surface area contributed by atoms with Crippen LogP contribution in [0.25, 0.3) is 0 Å². The van der Waals surface area contributed by atoms with E-state index in [1.807, 2.05) is 0 Å². The van der Waals surface area contributed by atoms with E-state index in [2.05, 4.69) is 10.2 Å². The van der Waals surface area contributed by atoms with Gasteiger partial charge in [0.2, 0.25) is 0 Å². The van der Waals surface area contributed by atoms with Crippen LogP contribution in [-0.2, 0) is 10.9 Å². The number of aliphatic hydroxyl groups is 1. The first-order chi connectivity index (χ1) is 11.4. The molecule has 2 fully saturated rings. The Morgan fingerprint density at radius 1 is 1.29 bits per heavy atom. The Morgan fingerprint density at radius 2 is 2.04 bits per heavy atom. The minimum atomic E-state index is -4.46. The summed E-state index contributed by atoms with van der Waals surface area (Å²) in [5, 5.41) is 13.2. The number of aliphatic hydroxyl groups excluding tert-OH is 1. The van der Waals surface area contributed by atoms with Gasteiger partial charge < -0.3 is 15.2 Å². The van der Waals surface area contributed by atoms with Crippen molar-refractivity contribution in [1.82, 2.24) is 10.2 Å². The van der Waals surface area contributed by atoms with Crippen LogP contribution in [0.5, 0.6) is 0 Å². The van der Waals surface area contributed by atoms with Gasteiger partial charge in [-0.1, -0.05) is 18.2 Å². The third-order valence-corrected chi connectivity index (χ3v) is 4.57. The summed E-state index contributed by atoms with van der Waals surface area (Å²) < 4.78 is 44.7. The topological polar surface area (TPSA) is 44.7 Å². The van der Waals surface area contributed by atoms with Crippen LogP contribution in [0.2, 0.25) is 0 Å². The lowest BCUT2D eigenvalue weighted by Crippen LogP contribution is -2.47. The van der Waals surface area contributed by atoms with Crippen molar-refractivity contribution in [2.75, 3.05) is 32.8 Å². The minimum Gasteiger partial charge on any atom is -0.387 e. The molecule has 0 spiro atoms. The first kappa shape index (κ1) is 17.7. The molecule has 1 aliphatic heterocycles. The number of morpholine rings is 1. The van der Waals surface area contributed by atoms with Crippen LogP contribution < -0.4 is 5.32 Å². The lowest BCUT2D eigenvalue weighted by molar-refractivity contribution is -0.139.